The number of benzene rings is 3. The van der Waals surface area contributed by atoms with Crippen molar-refractivity contribution in [3.8, 4) is 0 Å². The Bertz CT molecular complexity index is 1280. The van der Waals surface area contributed by atoms with Crippen molar-refractivity contribution in [3.05, 3.63) is 144 Å². The summed E-state index contributed by atoms with van der Waals surface area (Å²) in [6.45, 7) is 13.5. The number of rotatable bonds is 16. The molecule has 2 unspecified atom stereocenters. The number of allylic oxidation sites excluding steroid dienone is 4. The van der Waals surface area contributed by atoms with Crippen LogP contribution < -0.4 is 5.32 Å². The van der Waals surface area contributed by atoms with Gasteiger partial charge in [-0.1, -0.05) is 137 Å². The first-order valence-corrected chi connectivity index (χ1v) is 15.3. The van der Waals surface area contributed by atoms with Gasteiger partial charge >= 0.3 is 0 Å². The fourth-order valence-electron chi connectivity index (χ4n) is 4.89. The molecule has 0 heterocycles. The van der Waals surface area contributed by atoms with Crippen molar-refractivity contribution in [1.82, 2.24) is 5.32 Å². The smallest absolute Gasteiger partial charge is 0.229 e. The molecule has 3 aromatic rings. The van der Waals surface area contributed by atoms with E-state index in [0.717, 1.165) is 48.3 Å². The van der Waals surface area contributed by atoms with E-state index in [1.807, 2.05) is 42.5 Å². The third-order valence-corrected chi connectivity index (χ3v) is 7.46. The van der Waals surface area contributed by atoms with Crippen LogP contribution >= 0.6 is 0 Å². The van der Waals surface area contributed by atoms with Crippen LogP contribution in [-0.4, -0.2) is 17.4 Å². The molecule has 228 valence electrons. The SMILES string of the molecule is C=C/C=C/CCCc1ccc(C(O)(c2ccccc2)c2ccc(CCCC(C)C)cc2)cc1.C=CCC(C)C(=O)NC=O. The maximum atomic E-state index is 12.1. The van der Waals surface area contributed by atoms with Gasteiger partial charge in [-0.05, 0) is 72.3 Å². The van der Waals surface area contributed by atoms with Gasteiger partial charge in [0.25, 0.3) is 0 Å². The first kappa shape index (κ1) is 35.2. The molecule has 2 amide bonds. The molecule has 0 saturated heterocycles. The Morgan fingerprint density at radius 2 is 1.37 bits per heavy atom. The monoisotopic (exact) mass is 579 g/mol. The number of aliphatic hydroxyl groups is 1. The summed E-state index contributed by atoms with van der Waals surface area (Å²) >= 11 is 0. The highest BCUT2D eigenvalue weighted by Gasteiger charge is 2.33. The van der Waals surface area contributed by atoms with E-state index in [9.17, 15) is 14.7 Å². The summed E-state index contributed by atoms with van der Waals surface area (Å²) in [5.41, 5.74) is 4.14. The Labute approximate surface area is 259 Å². The van der Waals surface area contributed by atoms with Crippen LogP contribution in [0, 0.1) is 11.8 Å². The second-order valence-corrected chi connectivity index (χ2v) is 11.4. The quantitative estimate of drug-likeness (QED) is 0.0588. The minimum atomic E-state index is -1.18. The Balaban J connectivity index is 0.000000553. The summed E-state index contributed by atoms with van der Waals surface area (Å²) in [5.74, 6) is 0.316. The molecular formula is C39H49NO3. The van der Waals surface area contributed by atoms with Crippen molar-refractivity contribution in [1.29, 1.82) is 0 Å². The third-order valence-electron chi connectivity index (χ3n) is 7.46. The van der Waals surface area contributed by atoms with Crippen molar-refractivity contribution >= 4 is 12.3 Å². The molecule has 0 saturated carbocycles. The maximum absolute atomic E-state index is 12.1. The molecule has 3 rings (SSSR count). The number of imide groups is 1. The normalized spacial score (nSPS) is 13.0. The van der Waals surface area contributed by atoms with E-state index in [0.29, 0.717) is 12.8 Å². The molecule has 3 aromatic carbocycles. The van der Waals surface area contributed by atoms with Crippen LogP contribution in [-0.2, 0) is 28.0 Å². The lowest BCUT2D eigenvalue weighted by Crippen LogP contribution is -2.28. The lowest BCUT2D eigenvalue weighted by Gasteiger charge is -2.30. The van der Waals surface area contributed by atoms with E-state index in [1.54, 1.807) is 13.0 Å². The number of carbonyl (C=O) groups excluding carboxylic acids is 2. The van der Waals surface area contributed by atoms with Crippen LogP contribution in [0.25, 0.3) is 0 Å². The minimum Gasteiger partial charge on any atom is -0.376 e. The van der Waals surface area contributed by atoms with Crippen molar-refractivity contribution < 1.29 is 14.7 Å². The molecule has 0 radical (unpaired) electrons. The number of aryl methyl sites for hydroxylation is 2. The van der Waals surface area contributed by atoms with Gasteiger partial charge in [-0.3, -0.25) is 14.9 Å². The van der Waals surface area contributed by atoms with Gasteiger partial charge in [-0.25, -0.2) is 0 Å². The second-order valence-electron chi connectivity index (χ2n) is 11.4. The van der Waals surface area contributed by atoms with Gasteiger partial charge in [-0.15, -0.1) is 6.58 Å². The Kier molecular flexibility index (Phi) is 15.7. The number of nitrogens with one attached hydrogen (secondary N) is 1. The van der Waals surface area contributed by atoms with E-state index < -0.39 is 5.60 Å². The summed E-state index contributed by atoms with van der Waals surface area (Å²) in [6, 6.07) is 27.0. The molecule has 0 aliphatic rings. The summed E-state index contributed by atoms with van der Waals surface area (Å²) in [6.07, 6.45) is 15.3. The van der Waals surface area contributed by atoms with Gasteiger partial charge in [0.05, 0.1) is 0 Å². The fraction of sp³-hybridized carbons (Fsp3) is 0.333. The maximum Gasteiger partial charge on any atom is 0.229 e. The lowest BCUT2D eigenvalue weighted by atomic mass is 9.79. The molecule has 2 N–H and O–H groups in total. The predicted molar refractivity (Wildman–Crippen MR) is 180 cm³/mol. The standard InChI is InChI=1S/C32H38O.C7H11NO2/c1-4-5-6-7-9-14-27-18-22-30(23-19-27)32(33,29-16-10-8-11-17-29)31-24-20-28(21-25-31)15-12-13-26(2)3;1-3-4-6(2)7(10)8-5-9/h4-6,8,10-11,16-26,33H,1,7,9,12-15H2,2-3H3;3,5-6H,1,4H2,2H3,(H,8,9,10)/b6-5+;. The lowest BCUT2D eigenvalue weighted by molar-refractivity contribution is -0.127. The highest BCUT2D eigenvalue weighted by Crippen LogP contribution is 2.37. The molecule has 0 bridgehead atoms. The highest BCUT2D eigenvalue weighted by atomic mass is 16.3. The molecule has 4 heteroatoms. The number of carbonyl (C=O) groups is 2. The molecule has 0 fully saturated rings. The average molecular weight is 580 g/mol. The molecule has 0 aromatic heterocycles. The molecule has 0 aliphatic heterocycles. The average Bonchev–Trinajstić information content (AvgIpc) is 3.02. The Morgan fingerprint density at radius 3 is 1.86 bits per heavy atom. The fourth-order valence-corrected chi connectivity index (χ4v) is 4.89. The first-order chi connectivity index (χ1) is 20.8. The summed E-state index contributed by atoms with van der Waals surface area (Å²) in [4.78, 5) is 20.5. The van der Waals surface area contributed by atoms with Gasteiger partial charge in [0, 0.05) is 5.92 Å². The largest absolute Gasteiger partial charge is 0.376 e. The first-order valence-electron chi connectivity index (χ1n) is 15.3. The van der Waals surface area contributed by atoms with Gasteiger partial charge in [0.15, 0.2) is 0 Å². The Hall–Kier alpha value is -4.02. The van der Waals surface area contributed by atoms with E-state index >= 15 is 0 Å². The number of hydrogen-bond acceptors (Lipinski definition) is 3. The van der Waals surface area contributed by atoms with Crippen LogP contribution in [0.15, 0.2) is 116 Å². The number of amides is 2. The summed E-state index contributed by atoms with van der Waals surface area (Å²) in [5, 5.41) is 14.2. The zero-order valence-corrected chi connectivity index (χ0v) is 26.2. The van der Waals surface area contributed by atoms with Crippen LogP contribution in [0.2, 0.25) is 0 Å². The van der Waals surface area contributed by atoms with Gasteiger partial charge in [-0.2, -0.15) is 0 Å². The molecular weight excluding hydrogens is 530 g/mol. The van der Waals surface area contributed by atoms with Gasteiger partial charge < -0.3 is 5.11 Å². The molecule has 0 spiro atoms. The van der Waals surface area contributed by atoms with Crippen LogP contribution in [0.5, 0.6) is 0 Å². The van der Waals surface area contributed by atoms with Gasteiger partial charge in [0.1, 0.15) is 5.60 Å². The van der Waals surface area contributed by atoms with E-state index in [2.05, 4.69) is 86.9 Å². The molecule has 4 nitrogen and oxygen atoms in total. The molecule has 0 aliphatic carbocycles. The van der Waals surface area contributed by atoms with E-state index in [4.69, 9.17) is 0 Å². The van der Waals surface area contributed by atoms with Crippen molar-refractivity contribution in [2.24, 2.45) is 11.8 Å². The second kappa shape index (κ2) is 19.2. The summed E-state index contributed by atoms with van der Waals surface area (Å²) in [7, 11) is 0. The zero-order valence-electron chi connectivity index (χ0n) is 26.2. The van der Waals surface area contributed by atoms with Crippen LogP contribution in [0.3, 0.4) is 0 Å². The number of hydrogen-bond donors (Lipinski definition) is 2. The van der Waals surface area contributed by atoms with Crippen molar-refractivity contribution in [3.63, 3.8) is 0 Å². The van der Waals surface area contributed by atoms with E-state index in [1.165, 1.54) is 24.0 Å². The minimum absolute atomic E-state index is 0.164. The molecule has 2 atom stereocenters. The number of unbranched alkanes of at least 4 members (excludes halogenated alkanes) is 1. The predicted octanol–water partition coefficient (Wildman–Crippen LogP) is 8.49. The van der Waals surface area contributed by atoms with Gasteiger partial charge in [0.2, 0.25) is 12.3 Å². The van der Waals surface area contributed by atoms with E-state index in [-0.39, 0.29) is 11.8 Å². The molecule has 43 heavy (non-hydrogen) atoms. The van der Waals surface area contributed by atoms with Crippen molar-refractivity contribution in [2.75, 3.05) is 0 Å². The zero-order chi connectivity index (χ0) is 31.5. The Morgan fingerprint density at radius 1 is 0.837 bits per heavy atom. The van der Waals surface area contributed by atoms with Crippen LogP contribution in [0.1, 0.15) is 80.7 Å². The third kappa shape index (κ3) is 11.6. The highest BCUT2D eigenvalue weighted by molar-refractivity contribution is 5.87. The summed E-state index contributed by atoms with van der Waals surface area (Å²) < 4.78 is 0. The van der Waals surface area contributed by atoms with Crippen LogP contribution in [0.4, 0.5) is 0 Å². The topological polar surface area (TPSA) is 66.4 Å². The van der Waals surface area contributed by atoms with Crippen molar-refractivity contribution in [2.45, 2.75) is 71.3 Å².